The van der Waals surface area contributed by atoms with Crippen molar-refractivity contribution >= 4 is 21.6 Å². The van der Waals surface area contributed by atoms with Crippen LogP contribution in [-0.4, -0.2) is 32.0 Å². The Morgan fingerprint density at radius 2 is 1.85 bits per heavy atom. The first kappa shape index (κ1) is 19.1. The van der Waals surface area contributed by atoms with E-state index in [1.165, 1.54) is 6.07 Å². The number of rotatable bonds is 5. The molecule has 1 atom stereocenters. The highest BCUT2D eigenvalue weighted by atomic mass is 32.2. The van der Waals surface area contributed by atoms with Gasteiger partial charge in [0.05, 0.1) is 16.7 Å². The summed E-state index contributed by atoms with van der Waals surface area (Å²) in [6.07, 6.45) is 1.12. The quantitative estimate of drug-likeness (QED) is 0.811. The van der Waals surface area contributed by atoms with Crippen LogP contribution in [0.1, 0.15) is 12.8 Å². The van der Waals surface area contributed by atoms with Crippen LogP contribution >= 0.6 is 0 Å². The SMILES string of the molecule is O=C(NCC1CCCS1(=O)=O)Nc1ccccc1Oc1cc(F)cc(F)c1. The van der Waals surface area contributed by atoms with Gasteiger partial charge >= 0.3 is 6.03 Å². The van der Waals surface area contributed by atoms with Crippen LogP contribution in [0.2, 0.25) is 0 Å². The normalized spacial score (nSPS) is 18.1. The number of ether oxygens (including phenoxy) is 1. The molecule has 2 aromatic carbocycles. The number of sulfone groups is 1. The van der Waals surface area contributed by atoms with Crippen molar-refractivity contribution in [1.29, 1.82) is 0 Å². The van der Waals surface area contributed by atoms with Crippen LogP contribution in [0, 0.1) is 11.6 Å². The fraction of sp³-hybridized carbons (Fsp3) is 0.278. The first-order valence-corrected chi connectivity index (χ1v) is 10.0. The Hall–Kier alpha value is -2.68. The third-order valence-electron chi connectivity index (χ3n) is 4.15. The largest absolute Gasteiger partial charge is 0.455 e. The average molecular weight is 396 g/mol. The minimum atomic E-state index is -3.15. The van der Waals surface area contributed by atoms with E-state index in [0.717, 1.165) is 18.2 Å². The summed E-state index contributed by atoms with van der Waals surface area (Å²) in [5, 5.41) is 4.51. The zero-order chi connectivity index (χ0) is 19.4. The van der Waals surface area contributed by atoms with Crippen molar-refractivity contribution in [2.45, 2.75) is 18.1 Å². The lowest BCUT2D eigenvalue weighted by Gasteiger charge is -2.14. The molecular weight excluding hydrogens is 378 g/mol. The van der Waals surface area contributed by atoms with E-state index in [1.807, 2.05) is 0 Å². The van der Waals surface area contributed by atoms with Gasteiger partial charge in [0.25, 0.3) is 0 Å². The molecule has 0 aliphatic carbocycles. The number of hydrogen-bond donors (Lipinski definition) is 2. The smallest absolute Gasteiger partial charge is 0.319 e. The zero-order valence-corrected chi connectivity index (χ0v) is 15.1. The second-order valence-electron chi connectivity index (χ2n) is 6.17. The van der Waals surface area contributed by atoms with Crippen molar-refractivity contribution in [3.05, 3.63) is 54.1 Å². The number of hydrogen-bond acceptors (Lipinski definition) is 4. The van der Waals surface area contributed by atoms with E-state index in [9.17, 15) is 22.0 Å². The first-order chi connectivity index (χ1) is 12.8. The van der Waals surface area contributed by atoms with Crippen molar-refractivity contribution in [2.75, 3.05) is 17.6 Å². The summed E-state index contributed by atoms with van der Waals surface area (Å²) in [4.78, 5) is 12.1. The molecule has 1 heterocycles. The maximum atomic E-state index is 13.3. The number of urea groups is 1. The van der Waals surface area contributed by atoms with Gasteiger partial charge in [-0.25, -0.2) is 22.0 Å². The van der Waals surface area contributed by atoms with Crippen molar-refractivity contribution in [2.24, 2.45) is 0 Å². The number of benzene rings is 2. The highest BCUT2D eigenvalue weighted by Crippen LogP contribution is 2.30. The molecule has 1 aliphatic rings. The van der Waals surface area contributed by atoms with Crippen LogP contribution < -0.4 is 15.4 Å². The molecule has 3 rings (SSSR count). The van der Waals surface area contributed by atoms with Crippen LogP contribution in [0.15, 0.2) is 42.5 Å². The Kier molecular flexibility index (Phi) is 5.59. The van der Waals surface area contributed by atoms with Crippen LogP contribution in [0.5, 0.6) is 11.5 Å². The Balaban J connectivity index is 1.66. The molecule has 0 radical (unpaired) electrons. The maximum absolute atomic E-state index is 13.3. The van der Waals surface area contributed by atoms with Crippen molar-refractivity contribution in [3.63, 3.8) is 0 Å². The number of carbonyl (C=O) groups excluding carboxylic acids is 1. The van der Waals surface area contributed by atoms with Crippen molar-refractivity contribution in [1.82, 2.24) is 5.32 Å². The molecule has 0 aromatic heterocycles. The monoisotopic (exact) mass is 396 g/mol. The molecule has 9 heteroatoms. The van der Waals surface area contributed by atoms with Crippen LogP contribution in [0.4, 0.5) is 19.3 Å². The summed E-state index contributed by atoms with van der Waals surface area (Å²) in [5.41, 5.74) is 0.272. The highest BCUT2D eigenvalue weighted by molar-refractivity contribution is 7.92. The lowest BCUT2D eigenvalue weighted by molar-refractivity contribution is 0.252. The predicted octanol–water partition coefficient (Wildman–Crippen LogP) is 3.46. The molecule has 1 saturated heterocycles. The van der Waals surface area contributed by atoms with E-state index in [-0.39, 0.29) is 29.5 Å². The van der Waals surface area contributed by atoms with Crippen molar-refractivity contribution in [3.8, 4) is 11.5 Å². The van der Waals surface area contributed by atoms with Gasteiger partial charge in [-0.3, -0.25) is 0 Å². The zero-order valence-electron chi connectivity index (χ0n) is 14.2. The molecule has 1 aliphatic heterocycles. The number of anilines is 1. The summed E-state index contributed by atoms with van der Waals surface area (Å²) in [6.45, 7) is 0.0201. The topological polar surface area (TPSA) is 84.5 Å². The standard InChI is InChI=1S/C18H18F2N2O4S/c19-12-8-13(20)10-14(9-12)26-17-6-2-1-5-16(17)22-18(23)21-11-15-4-3-7-27(15,24)25/h1-2,5-6,8-10,15H,3-4,7,11H2,(H2,21,22,23). The van der Waals surface area contributed by atoms with Gasteiger partial charge in [0.15, 0.2) is 15.6 Å². The summed E-state index contributed by atoms with van der Waals surface area (Å²) >= 11 is 0. The number of halogens is 2. The Morgan fingerprint density at radius 1 is 1.15 bits per heavy atom. The van der Waals surface area contributed by atoms with Gasteiger partial charge in [-0.15, -0.1) is 0 Å². The molecule has 2 amide bonds. The van der Waals surface area contributed by atoms with Gasteiger partial charge in [0.1, 0.15) is 17.4 Å². The average Bonchev–Trinajstić information content (AvgIpc) is 2.92. The molecule has 6 nitrogen and oxygen atoms in total. The Bertz CT molecular complexity index is 930. The Morgan fingerprint density at radius 3 is 2.52 bits per heavy atom. The van der Waals surface area contributed by atoms with E-state index in [2.05, 4.69) is 10.6 Å². The third kappa shape index (κ3) is 4.94. The molecule has 0 spiro atoms. The predicted molar refractivity (Wildman–Crippen MR) is 96.7 cm³/mol. The fourth-order valence-corrected chi connectivity index (χ4v) is 4.60. The molecule has 1 fully saturated rings. The molecule has 1 unspecified atom stereocenters. The van der Waals surface area contributed by atoms with Gasteiger partial charge in [-0.2, -0.15) is 0 Å². The van der Waals surface area contributed by atoms with Gasteiger partial charge in [0, 0.05) is 24.7 Å². The lowest BCUT2D eigenvalue weighted by Crippen LogP contribution is -2.37. The van der Waals surface area contributed by atoms with Crippen LogP contribution in [0.25, 0.3) is 0 Å². The Labute approximate surface area is 155 Å². The van der Waals surface area contributed by atoms with E-state index in [4.69, 9.17) is 4.74 Å². The van der Waals surface area contributed by atoms with Gasteiger partial charge < -0.3 is 15.4 Å². The van der Waals surface area contributed by atoms with E-state index in [1.54, 1.807) is 18.2 Å². The molecular formula is C18H18F2N2O4S. The molecule has 2 aromatic rings. The second kappa shape index (κ2) is 7.91. The maximum Gasteiger partial charge on any atom is 0.319 e. The number of carbonyl (C=O) groups is 1. The third-order valence-corrected chi connectivity index (χ3v) is 6.43. The van der Waals surface area contributed by atoms with Crippen LogP contribution in [-0.2, 0) is 9.84 Å². The van der Waals surface area contributed by atoms with E-state index >= 15 is 0 Å². The van der Waals surface area contributed by atoms with Gasteiger partial charge in [0.2, 0.25) is 0 Å². The summed E-state index contributed by atoms with van der Waals surface area (Å²) < 4.78 is 55.7. The minimum absolute atomic E-state index is 0.0201. The summed E-state index contributed by atoms with van der Waals surface area (Å²) in [5.74, 6) is -1.30. The molecule has 144 valence electrons. The van der Waals surface area contributed by atoms with Crippen molar-refractivity contribution < 1.29 is 26.7 Å². The number of nitrogens with one attached hydrogen (secondary N) is 2. The van der Waals surface area contributed by atoms with E-state index < -0.39 is 32.8 Å². The second-order valence-corrected chi connectivity index (χ2v) is 8.57. The summed E-state index contributed by atoms with van der Waals surface area (Å²) in [7, 11) is -3.15. The van der Waals surface area contributed by atoms with Gasteiger partial charge in [-0.1, -0.05) is 12.1 Å². The fourth-order valence-electron chi connectivity index (χ4n) is 2.83. The van der Waals surface area contributed by atoms with E-state index in [0.29, 0.717) is 12.8 Å². The summed E-state index contributed by atoms with van der Waals surface area (Å²) in [6, 6.07) is 8.53. The van der Waals surface area contributed by atoms with Gasteiger partial charge in [-0.05, 0) is 25.0 Å². The minimum Gasteiger partial charge on any atom is -0.455 e. The first-order valence-electron chi connectivity index (χ1n) is 8.33. The number of amides is 2. The highest BCUT2D eigenvalue weighted by Gasteiger charge is 2.31. The lowest BCUT2D eigenvalue weighted by atomic mass is 10.2. The molecule has 0 bridgehead atoms. The number of para-hydroxylation sites is 2. The molecule has 0 saturated carbocycles. The molecule has 2 N–H and O–H groups in total. The molecule has 27 heavy (non-hydrogen) atoms. The van der Waals surface area contributed by atoms with Crippen LogP contribution in [0.3, 0.4) is 0 Å².